The molecule has 0 radical (unpaired) electrons. The number of hydrogen-bond donors (Lipinski definition) is 1. The molecule has 19 heavy (non-hydrogen) atoms. The summed E-state index contributed by atoms with van der Waals surface area (Å²) < 4.78 is 5.42. The van der Waals surface area contributed by atoms with Gasteiger partial charge in [0.15, 0.2) is 0 Å². The van der Waals surface area contributed by atoms with Crippen LogP contribution in [0.4, 0.5) is 0 Å². The van der Waals surface area contributed by atoms with E-state index in [4.69, 9.17) is 4.74 Å². The fourth-order valence-corrected chi connectivity index (χ4v) is 3.45. The van der Waals surface area contributed by atoms with Crippen LogP contribution in [0.5, 0.6) is 5.75 Å². The van der Waals surface area contributed by atoms with E-state index in [0.29, 0.717) is 6.04 Å². The molecule has 0 saturated heterocycles. The van der Waals surface area contributed by atoms with Gasteiger partial charge in [0.25, 0.3) is 0 Å². The topological polar surface area (TPSA) is 21.3 Å². The third-order valence-corrected chi connectivity index (χ3v) is 4.28. The monoisotopic (exact) mass is 275 g/mol. The molecule has 1 heterocycles. The first-order chi connectivity index (χ1) is 9.13. The lowest BCUT2D eigenvalue weighted by molar-refractivity contribution is 0.405. The summed E-state index contributed by atoms with van der Waals surface area (Å²) in [7, 11) is 3.74. The van der Waals surface area contributed by atoms with E-state index in [2.05, 4.69) is 42.7 Å². The maximum atomic E-state index is 5.42. The van der Waals surface area contributed by atoms with Gasteiger partial charge in [0.2, 0.25) is 0 Å². The zero-order chi connectivity index (χ0) is 13.8. The van der Waals surface area contributed by atoms with E-state index < -0.39 is 0 Å². The Morgan fingerprint density at radius 1 is 1.21 bits per heavy atom. The summed E-state index contributed by atoms with van der Waals surface area (Å²) in [5.74, 6) is 0.980. The van der Waals surface area contributed by atoms with E-state index >= 15 is 0 Å². The Hall–Kier alpha value is -1.32. The molecule has 1 unspecified atom stereocenters. The minimum Gasteiger partial charge on any atom is -0.496 e. The van der Waals surface area contributed by atoms with Crippen LogP contribution >= 0.6 is 11.3 Å². The van der Waals surface area contributed by atoms with Gasteiger partial charge in [-0.25, -0.2) is 0 Å². The van der Waals surface area contributed by atoms with Crippen LogP contribution in [0.2, 0.25) is 0 Å². The SMILES string of the molecule is CNC(Cc1cc(C)cc(C)c1)c1sccc1OC. The molecule has 1 N–H and O–H groups in total. The Kier molecular flexibility index (Phi) is 4.61. The summed E-state index contributed by atoms with van der Waals surface area (Å²) >= 11 is 1.75. The Bertz CT molecular complexity index is 527. The van der Waals surface area contributed by atoms with Crippen molar-refractivity contribution in [2.45, 2.75) is 26.3 Å². The van der Waals surface area contributed by atoms with E-state index in [1.165, 1.54) is 21.6 Å². The summed E-state index contributed by atoms with van der Waals surface area (Å²) in [6.45, 7) is 4.30. The molecule has 0 saturated carbocycles. The van der Waals surface area contributed by atoms with E-state index in [1.54, 1.807) is 18.4 Å². The predicted octanol–water partition coefficient (Wildman–Crippen LogP) is 3.88. The second-order valence-electron chi connectivity index (χ2n) is 4.89. The van der Waals surface area contributed by atoms with Crippen LogP contribution in [0.25, 0.3) is 0 Å². The van der Waals surface area contributed by atoms with Crippen molar-refractivity contribution in [2.75, 3.05) is 14.2 Å². The number of hydrogen-bond acceptors (Lipinski definition) is 3. The largest absolute Gasteiger partial charge is 0.496 e. The number of ether oxygens (including phenoxy) is 1. The number of methoxy groups -OCH3 is 1. The molecule has 2 aromatic rings. The minimum absolute atomic E-state index is 0.302. The van der Waals surface area contributed by atoms with Crippen LogP contribution in [0.15, 0.2) is 29.6 Å². The quantitative estimate of drug-likeness (QED) is 0.894. The van der Waals surface area contributed by atoms with Gasteiger partial charge in [-0.3, -0.25) is 0 Å². The lowest BCUT2D eigenvalue weighted by atomic mass is 10.0. The van der Waals surface area contributed by atoms with E-state index in [0.717, 1.165) is 12.2 Å². The molecule has 0 aliphatic heterocycles. The van der Waals surface area contributed by atoms with Gasteiger partial charge in [-0.05, 0) is 44.3 Å². The maximum Gasteiger partial charge on any atom is 0.134 e. The second kappa shape index (κ2) is 6.22. The van der Waals surface area contributed by atoms with E-state index in [1.807, 2.05) is 13.1 Å². The zero-order valence-corrected chi connectivity index (χ0v) is 12.8. The summed E-state index contributed by atoms with van der Waals surface area (Å²) in [6, 6.07) is 9.07. The lowest BCUT2D eigenvalue weighted by Crippen LogP contribution is -2.18. The molecule has 3 heteroatoms. The summed E-state index contributed by atoms with van der Waals surface area (Å²) in [6.07, 6.45) is 0.982. The van der Waals surface area contributed by atoms with Crippen molar-refractivity contribution in [1.29, 1.82) is 0 Å². The highest BCUT2D eigenvalue weighted by atomic mass is 32.1. The van der Waals surface area contributed by atoms with Gasteiger partial charge >= 0.3 is 0 Å². The third-order valence-electron chi connectivity index (χ3n) is 3.26. The number of thiophene rings is 1. The zero-order valence-electron chi connectivity index (χ0n) is 12.0. The number of rotatable bonds is 5. The fourth-order valence-electron chi connectivity index (χ4n) is 2.48. The van der Waals surface area contributed by atoms with Gasteiger partial charge in [0.05, 0.1) is 12.0 Å². The average molecular weight is 275 g/mol. The summed E-state index contributed by atoms with van der Waals surface area (Å²) in [5, 5.41) is 5.48. The Morgan fingerprint density at radius 3 is 2.47 bits per heavy atom. The maximum absolute atomic E-state index is 5.42. The van der Waals surface area contributed by atoms with Crippen LogP contribution in [0, 0.1) is 13.8 Å². The van der Waals surface area contributed by atoms with Gasteiger partial charge in [-0.15, -0.1) is 11.3 Å². The van der Waals surface area contributed by atoms with E-state index in [-0.39, 0.29) is 0 Å². The molecule has 0 aliphatic rings. The number of nitrogens with one attached hydrogen (secondary N) is 1. The smallest absolute Gasteiger partial charge is 0.134 e. The molecule has 1 atom stereocenters. The van der Waals surface area contributed by atoms with Gasteiger partial charge in [-0.2, -0.15) is 0 Å². The van der Waals surface area contributed by atoms with Crippen molar-refractivity contribution in [2.24, 2.45) is 0 Å². The van der Waals surface area contributed by atoms with Gasteiger partial charge < -0.3 is 10.1 Å². The van der Waals surface area contributed by atoms with Crippen molar-refractivity contribution in [1.82, 2.24) is 5.32 Å². The third kappa shape index (κ3) is 3.37. The average Bonchev–Trinajstić information content (AvgIpc) is 2.82. The molecule has 1 aromatic carbocycles. The molecular weight excluding hydrogens is 254 g/mol. The molecular formula is C16H21NOS. The molecule has 1 aromatic heterocycles. The first-order valence-corrected chi connectivity index (χ1v) is 7.38. The van der Waals surface area contributed by atoms with E-state index in [9.17, 15) is 0 Å². The Labute approximate surface area is 119 Å². The number of likely N-dealkylation sites (N-methyl/N-ethyl adjacent to an activating group) is 1. The van der Waals surface area contributed by atoms with Crippen molar-refractivity contribution in [3.05, 3.63) is 51.2 Å². The molecule has 0 amide bonds. The first-order valence-electron chi connectivity index (χ1n) is 6.50. The standard InChI is InChI=1S/C16H21NOS/c1-11-7-12(2)9-13(8-11)10-14(17-3)16-15(18-4)5-6-19-16/h5-9,14,17H,10H2,1-4H3. The summed E-state index contributed by atoms with van der Waals surface area (Å²) in [5.41, 5.74) is 4.01. The second-order valence-corrected chi connectivity index (χ2v) is 5.84. The number of aryl methyl sites for hydroxylation is 2. The minimum atomic E-state index is 0.302. The van der Waals surface area contributed by atoms with Crippen LogP contribution in [0.1, 0.15) is 27.6 Å². The highest BCUT2D eigenvalue weighted by Gasteiger charge is 2.16. The van der Waals surface area contributed by atoms with Crippen LogP contribution in [0.3, 0.4) is 0 Å². The van der Waals surface area contributed by atoms with Gasteiger partial charge in [0.1, 0.15) is 5.75 Å². The number of benzene rings is 1. The molecule has 0 aliphatic carbocycles. The van der Waals surface area contributed by atoms with Crippen molar-refractivity contribution in [3.63, 3.8) is 0 Å². The Balaban J connectivity index is 2.24. The lowest BCUT2D eigenvalue weighted by Gasteiger charge is -2.17. The fraction of sp³-hybridized carbons (Fsp3) is 0.375. The van der Waals surface area contributed by atoms with Crippen molar-refractivity contribution < 1.29 is 4.74 Å². The van der Waals surface area contributed by atoms with Crippen LogP contribution in [-0.2, 0) is 6.42 Å². The van der Waals surface area contributed by atoms with Crippen LogP contribution < -0.4 is 10.1 Å². The van der Waals surface area contributed by atoms with Crippen molar-refractivity contribution in [3.8, 4) is 5.75 Å². The molecule has 0 spiro atoms. The highest BCUT2D eigenvalue weighted by Crippen LogP contribution is 2.32. The summed E-state index contributed by atoms with van der Waals surface area (Å²) in [4.78, 5) is 1.27. The van der Waals surface area contributed by atoms with Crippen LogP contribution in [-0.4, -0.2) is 14.2 Å². The molecule has 2 nitrogen and oxygen atoms in total. The first kappa shape index (κ1) is 14.1. The molecule has 0 fully saturated rings. The molecule has 102 valence electrons. The highest BCUT2D eigenvalue weighted by molar-refractivity contribution is 7.10. The molecule has 2 rings (SSSR count). The Morgan fingerprint density at radius 2 is 1.89 bits per heavy atom. The normalized spacial score (nSPS) is 12.4. The van der Waals surface area contributed by atoms with Gasteiger partial charge in [-0.1, -0.05) is 29.3 Å². The predicted molar refractivity (Wildman–Crippen MR) is 82.3 cm³/mol. The van der Waals surface area contributed by atoms with Crippen molar-refractivity contribution >= 4 is 11.3 Å². The van der Waals surface area contributed by atoms with Gasteiger partial charge in [0, 0.05) is 6.04 Å². The molecule has 0 bridgehead atoms.